The third-order valence-corrected chi connectivity index (χ3v) is 3.53. The molecule has 1 heterocycles. The van der Waals surface area contributed by atoms with E-state index in [2.05, 4.69) is 18.7 Å². The Balaban J connectivity index is 2.49. The van der Waals surface area contributed by atoms with Crippen LogP contribution in [0.5, 0.6) is 0 Å². The Morgan fingerprint density at radius 2 is 2.14 bits per heavy atom. The van der Waals surface area contributed by atoms with Gasteiger partial charge < -0.3 is 10.2 Å². The van der Waals surface area contributed by atoms with Crippen LogP contribution in [0.2, 0.25) is 0 Å². The molecule has 0 aliphatic carbocycles. The SMILES string of the molecule is CCC(C)(CO)CN1CCCC1CO. The van der Waals surface area contributed by atoms with Crippen LogP contribution in [0.4, 0.5) is 0 Å². The maximum Gasteiger partial charge on any atom is 0.0586 e. The zero-order valence-corrected chi connectivity index (χ0v) is 9.37. The Morgan fingerprint density at radius 1 is 1.43 bits per heavy atom. The predicted molar refractivity (Wildman–Crippen MR) is 57.2 cm³/mol. The van der Waals surface area contributed by atoms with Gasteiger partial charge in [0.15, 0.2) is 0 Å². The zero-order chi connectivity index (χ0) is 10.6. The largest absolute Gasteiger partial charge is 0.396 e. The number of rotatable bonds is 5. The lowest BCUT2D eigenvalue weighted by Crippen LogP contribution is -2.41. The van der Waals surface area contributed by atoms with Gasteiger partial charge in [0.05, 0.1) is 6.61 Å². The van der Waals surface area contributed by atoms with Crippen molar-refractivity contribution in [1.82, 2.24) is 4.90 Å². The average Bonchev–Trinajstić information content (AvgIpc) is 2.65. The van der Waals surface area contributed by atoms with Crippen LogP contribution >= 0.6 is 0 Å². The molecule has 3 heteroatoms. The molecule has 0 aromatic rings. The monoisotopic (exact) mass is 201 g/mol. The smallest absolute Gasteiger partial charge is 0.0586 e. The summed E-state index contributed by atoms with van der Waals surface area (Å²) in [5, 5.41) is 18.5. The van der Waals surface area contributed by atoms with E-state index in [1.54, 1.807) is 0 Å². The summed E-state index contributed by atoms with van der Waals surface area (Å²) in [5.74, 6) is 0. The highest BCUT2D eigenvalue weighted by atomic mass is 16.3. The fourth-order valence-corrected chi connectivity index (χ4v) is 2.07. The molecule has 0 bridgehead atoms. The van der Waals surface area contributed by atoms with Crippen molar-refractivity contribution in [2.24, 2.45) is 5.41 Å². The molecule has 2 atom stereocenters. The molecule has 3 nitrogen and oxygen atoms in total. The predicted octanol–water partition coefficient (Wildman–Crippen LogP) is 0.852. The van der Waals surface area contributed by atoms with Crippen LogP contribution in [-0.2, 0) is 0 Å². The van der Waals surface area contributed by atoms with Gasteiger partial charge in [-0.2, -0.15) is 0 Å². The van der Waals surface area contributed by atoms with Gasteiger partial charge in [-0.25, -0.2) is 0 Å². The van der Waals surface area contributed by atoms with Crippen LogP contribution in [0.25, 0.3) is 0 Å². The fraction of sp³-hybridized carbons (Fsp3) is 1.00. The lowest BCUT2D eigenvalue weighted by Gasteiger charge is -2.33. The van der Waals surface area contributed by atoms with E-state index in [4.69, 9.17) is 0 Å². The van der Waals surface area contributed by atoms with E-state index >= 15 is 0 Å². The van der Waals surface area contributed by atoms with Gasteiger partial charge in [0.1, 0.15) is 0 Å². The first-order valence-electron chi connectivity index (χ1n) is 5.61. The van der Waals surface area contributed by atoms with Crippen molar-refractivity contribution in [2.45, 2.75) is 39.2 Å². The summed E-state index contributed by atoms with van der Waals surface area (Å²) in [6.45, 7) is 6.69. The van der Waals surface area contributed by atoms with Gasteiger partial charge in [0, 0.05) is 24.6 Å². The third kappa shape index (κ3) is 2.69. The minimum Gasteiger partial charge on any atom is -0.396 e. The topological polar surface area (TPSA) is 43.7 Å². The van der Waals surface area contributed by atoms with Crippen molar-refractivity contribution in [3.05, 3.63) is 0 Å². The van der Waals surface area contributed by atoms with Gasteiger partial charge in [-0.05, 0) is 25.8 Å². The van der Waals surface area contributed by atoms with Gasteiger partial charge >= 0.3 is 0 Å². The van der Waals surface area contributed by atoms with Crippen LogP contribution < -0.4 is 0 Å². The van der Waals surface area contributed by atoms with Gasteiger partial charge in [-0.15, -0.1) is 0 Å². The molecule has 1 rings (SSSR count). The summed E-state index contributed by atoms with van der Waals surface area (Å²) in [6.07, 6.45) is 3.26. The summed E-state index contributed by atoms with van der Waals surface area (Å²) >= 11 is 0. The Labute approximate surface area is 86.7 Å². The number of hydrogen-bond donors (Lipinski definition) is 2. The molecular formula is C11H23NO2. The van der Waals surface area contributed by atoms with E-state index in [0.717, 1.165) is 25.9 Å². The molecule has 1 aliphatic rings. The maximum atomic E-state index is 9.32. The fourth-order valence-electron chi connectivity index (χ4n) is 2.07. The molecular weight excluding hydrogens is 178 g/mol. The lowest BCUT2D eigenvalue weighted by molar-refractivity contribution is 0.0636. The molecule has 0 aromatic heterocycles. The third-order valence-electron chi connectivity index (χ3n) is 3.53. The number of aliphatic hydroxyl groups excluding tert-OH is 2. The number of aliphatic hydroxyl groups is 2. The molecule has 0 spiro atoms. The van der Waals surface area contributed by atoms with E-state index < -0.39 is 0 Å². The lowest BCUT2D eigenvalue weighted by atomic mass is 9.88. The molecule has 1 aliphatic heterocycles. The van der Waals surface area contributed by atoms with Gasteiger partial charge in [-0.3, -0.25) is 4.90 Å². The average molecular weight is 201 g/mol. The normalized spacial score (nSPS) is 27.9. The highest BCUT2D eigenvalue weighted by Crippen LogP contribution is 2.26. The van der Waals surface area contributed by atoms with Crippen LogP contribution in [-0.4, -0.2) is 47.5 Å². The van der Waals surface area contributed by atoms with Crippen molar-refractivity contribution in [3.8, 4) is 0 Å². The summed E-state index contributed by atoms with van der Waals surface area (Å²) < 4.78 is 0. The van der Waals surface area contributed by atoms with E-state index in [-0.39, 0.29) is 18.6 Å². The van der Waals surface area contributed by atoms with Crippen LogP contribution in [0.15, 0.2) is 0 Å². The molecule has 2 unspecified atom stereocenters. The van der Waals surface area contributed by atoms with E-state index in [1.165, 1.54) is 6.42 Å². The summed E-state index contributed by atoms with van der Waals surface area (Å²) in [6, 6.07) is 0.326. The van der Waals surface area contributed by atoms with Crippen molar-refractivity contribution >= 4 is 0 Å². The summed E-state index contributed by atoms with van der Waals surface area (Å²) in [7, 11) is 0. The molecule has 14 heavy (non-hydrogen) atoms. The van der Waals surface area contributed by atoms with E-state index in [0.29, 0.717) is 6.04 Å². The molecule has 0 saturated carbocycles. The molecule has 0 amide bonds. The first kappa shape index (κ1) is 12.0. The molecule has 0 aromatic carbocycles. The highest BCUT2D eigenvalue weighted by Gasteiger charge is 2.30. The second kappa shape index (κ2) is 5.10. The molecule has 1 saturated heterocycles. The number of nitrogens with zero attached hydrogens (tertiary/aromatic N) is 1. The number of likely N-dealkylation sites (tertiary alicyclic amines) is 1. The maximum absolute atomic E-state index is 9.32. The summed E-state index contributed by atoms with van der Waals surface area (Å²) in [4.78, 5) is 2.32. The Hall–Kier alpha value is -0.120. The number of hydrogen-bond acceptors (Lipinski definition) is 3. The Morgan fingerprint density at radius 3 is 2.64 bits per heavy atom. The molecule has 2 N–H and O–H groups in total. The van der Waals surface area contributed by atoms with Crippen molar-refractivity contribution in [2.75, 3.05) is 26.3 Å². The Kier molecular flexibility index (Phi) is 4.35. The van der Waals surface area contributed by atoms with Crippen LogP contribution in [0.1, 0.15) is 33.1 Å². The van der Waals surface area contributed by atoms with Crippen LogP contribution in [0, 0.1) is 5.41 Å². The van der Waals surface area contributed by atoms with E-state index in [1.807, 2.05) is 0 Å². The summed E-state index contributed by atoms with van der Waals surface area (Å²) in [5.41, 5.74) is -0.00222. The molecule has 0 radical (unpaired) electrons. The molecule has 84 valence electrons. The first-order valence-corrected chi connectivity index (χ1v) is 5.61. The second-order valence-corrected chi connectivity index (χ2v) is 4.77. The standard InChI is InChI=1S/C11H23NO2/c1-3-11(2,9-14)8-12-6-4-5-10(12)7-13/h10,13-14H,3-9H2,1-2H3. The second-order valence-electron chi connectivity index (χ2n) is 4.77. The van der Waals surface area contributed by atoms with Gasteiger partial charge in [-0.1, -0.05) is 13.8 Å². The minimum atomic E-state index is -0.00222. The van der Waals surface area contributed by atoms with Gasteiger partial charge in [0.25, 0.3) is 0 Å². The van der Waals surface area contributed by atoms with Gasteiger partial charge in [0.2, 0.25) is 0 Å². The van der Waals surface area contributed by atoms with Crippen molar-refractivity contribution in [1.29, 1.82) is 0 Å². The van der Waals surface area contributed by atoms with Crippen molar-refractivity contribution < 1.29 is 10.2 Å². The first-order chi connectivity index (χ1) is 6.65. The van der Waals surface area contributed by atoms with E-state index in [9.17, 15) is 10.2 Å². The van der Waals surface area contributed by atoms with Crippen molar-refractivity contribution in [3.63, 3.8) is 0 Å². The zero-order valence-electron chi connectivity index (χ0n) is 9.37. The minimum absolute atomic E-state index is 0.00222. The Bertz CT molecular complexity index is 169. The highest BCUT2D eigenvalue weighted by molar-refractivity contribution is 4.84. The molecule has 1 fully saturated rings. The van der Waals surface area contributed by atoms with Crippen LogP contribution in [0.3, 0.4) is 0 Å². The quantitative estimate of drug-likeness (QED) is 0.693.